The molecule has 0 bridgehead atoms. The summed E-state index contributed by atoms with van der Waals surface area (Å²) in [7, 11) is 0. The maximum Gasteiger partial charge on any atom is 0.416 e. The lowest BCUT2D eigenvalue weighted by Gasteiger charge is -2.07. The lowest BCUT2D eigenvalue weighted by atomic mass is 10.1. The molecule has 0 aliphatic rings. The molecule has 0 aliphatic carbocycles. The van der Waals surface area contributed by atoms with E-state index >= 15 is 0 Å². The summed E-state index contributed by atoms with van der Waals surface area (Å²) >= 11 is 0. The molecule has 1 nitrogen and oxygen atoms in total. The summed E-state index contributed by atoms with van der Waals surface area (Å²) in [6.07, 6.45) is -7.90. The summed E-state index contributed by atoms with van der Waals surface area (Å²) in [5.74, 6) is 0. The minimum absolute atomic E-state index is 0.00670. The van der Waals surface area contributed by atoms with E-state index in [1.807, 2.05) is 0 Å². The third-order valence-electron chi connectivity index (χ3n) is 2.75. The molecule has 0 aromatic heterocycles. The Morgan fingerprint density at radius 1 is 0.727 bits per heavy atom. The van der Waals surface area contributed by atoms with Crippen LogP contribution in [0, 0.1) is 0 Å². The molecule has 0 aliphatic heterocycles. The van der Waals surface area contributed by atoms with Gasteiger partial charge < -0.3 is 0 Å². The van der Waals surface area contributed by atoms with Crippen LogP contribution in [-0.4, -0.2) is 6.21 Å². The van der Waals surface area contributed by atoms with Gasteiger partial charge >= 0.3 is 12.4 Å². The number of nitrogens with zero attached hydrogens (tertiary/aromatic N) is 1. The monoisotopic (exact) mass is 317 g/mol. The van der Waals surface area contributed by atoms with Gasteiger partial charge in [0.2, 0.25) is 0 Å². The van der Waals surface area contributed by atoms with Crippen LogP contribution in [0.1, 0.15) is 16.7 Å². The van der Waals surface area contributed by atoms with E-state index < -0.39 is 23.5 Å². The number of hydrogen-bond acceptors (Lipinski definition) is 1. The highest BCUT2D eigenvalue weighted by atomic mass is 19.4. The molecule has 7 heteroatoms. The molecule has 0 radical (unpaired) electrons. The number of alkyl halides is 6. The van der Waals surface area contributed by atoms with Gasteiger partial charge in [0.25, 0.3) is 0 Å². The number of halogens is 6. The molecular formula is C15H9F6N. The second kappa shape index (κ2) is 5.82. The maximum absolute atomic E-state index is 12.5. The topological polar surface area (TPSA) is 12.4 Å². The Balaban J connectivity index is 2.26. The van der Waals surface area contributed by atoms with E-state index in [1.165, 1.54) is 24.3 Å². The normalized spacial score (nSPS) is 12.8. The second-order valence-electron chi connectivity index (χ2n) is 4.43. The molecule has 0 atom stereocenters. The van der Waals surface area contributed by atoms with Gasteiger partial charge in [0.05, 0.1) is 16.8 Å². The number of benzene rings is 2. The van der Waals surface area contributed by atoms with Crippen LogP contribution in [0.5, 0.6) is 0 Å². The highest BCUT2D eigenvalue weighted by molar-refractivity contribution is 5.82. The predicted molar refractivity (Wildman–Crippen MR) is 70.1 cm³/mol. The van der Waals surface area contributed by atoms with Gasteiger partial charge in [0.1, 0.15) is 0 Å². The van der Waals surface area contributed by atoms with E-state index in [0.717, 1.165) is 30.5 Å². The maximum atomic E-state index is 12.5. The Hall–Kier alpha value is -2.31. The lowest BCUT2D eigenvalue weighted by Crippen LogP contribution is -2.05. The van der Waals surface area contributed by atoms with Crippen LogP contribution in [0.2, 0.25) is 0 Å². The fourth-order valence-corrected chi connectivity index (χ4v) is 1.71. The summed E-state index contributed by atoms with van der Waals surface area (Å²) in [4.78, 5) is 3.78. The molecule has 0 saturated carbocycles. The van der Waals surface area contributed by atoms with Crippen molar-refractivity contribution in [3.63, 3.8) is 0 Å². The summed E-state index contributed by atoms with van der Waals surface area (Å²) in [6, 6.07) is 8.59. The fraction of sp³-hybridized carbons (Fsp3) is 0.133. The first-order valence-electron chi connectivity index (χ1n) is 6.05. The van der Waals surface area contributed by atoms with Crippen LogP contribution in [0.4, 0.5) is 32.0 Å². The third kappa shape index (κ3) is 4.09. The Bertz CT molecular complexity index is 625. The molecule has 2 rings (SSSR count). The molecule has 0 amide bonds. The highest BCUT2D eigenvalue weighted by Gasteiger charge is 2.31. The average molecular weight is 317 g/mol. The van der Waals surface area contributed by atoms with Crippen molar-refractivity contribution in [1.29, 1.82) is 0 Å². The zero-order valence-corrected chi connectivity index (χ0v) is 10.9. The van der Waals surface area contributed by atoms with Gasteiger partial charge in [0, 0.05) is 6.21 Å². The van der Waals surface area contributed by atoms with Crippen LogP contribution >= 0.6 is 0 Å². The van der Waals surface area contributed by atoms with Crippen LogP contribution in [0.25, 0.3) is 0 Å². The number of rotatable bonds is 2. The van der Waals surface area contributed by atoms with Crippen molar-refractivity contribution in [2.24, 2.45) is 4.99 Å². The van der Waals surface area contributed by atoms with Crippen molar-refractivity contribution in [2.45, 2.75) is 12.4 Å². The van der Waals surface area contributed by atoms with Crippen LogP contribution in [-0.2, 0) is 12.4 Å². The first-order chi connectivity index (χ1) is 10.2. The van der Waals surface area contributed by atoms with E-state index in [4.69, 9.17) is 0 Å². The smallest absolute Gasteiger partial charge is 0.256 e. The predicted octanol–water partition coefficient (Wildman–Crippen LogP) is 5.47. The zero-order valence-electron chi connectivity index (χ0n) is 10.9. The molecule has 0 N–H and O–H groups in total. The van der Waals surface area contributed by atoms with Gasteiger partial charge in [-0.3, -0.25) is 4.99 Å². The summed E-state index contributed by atoms with van der Waals surface area (Å²) in [5.41, 5.74) is -1.56. The third-order valence-corrected chi connectivity index (χ3v) is 2.75. The molecule has 0 fully saturated rings. The van der Waals surface area contributed by atoms with Gasteiger partial charge in [-0.2, -0.15) is 26.3 Å². The van der Waals surface area contributed by atoms with Crippen molar-refractivity contribution in [1.82, 2.24) is 0 Å². The molecule has 0 heterocycles. The average Bonchev–Trinajstić information content (AvgIpc) is 2.44. The molecule has 116 valence electrons. The van der Waals surface area contributed by atoms with Crippen molar-refractivity contribution in [2.75, 3.05) is 0 Å². The molecule has 0 saturated heterocycles. The first-order valence-corrected chi connectivity index (χ1v) is 6.05. The van der Waals surface area contributed by atoms with E-state index in [0.29, 0.717) is 0 Å². The Morgan fingerprint density at radius 2 is 1.27 bits per heavy atom. The van der Waals surface area contributed by atoms with Crippen LogP contribution in [0.15, 0.2) is 53.5 Å². The first kappa shape index (κ1) is 16.1. The standard InChI is InChI=1S/C15H9F6N/c16-14(17,18)11-4-1-3-10(7-11)9-22-13-6-2-5-12(8-13)15(19,20)21/h1-9H. The van der Waals surface area contributed by atoms with Gasteiger partial charge in [-0.05, 0) is 35.9 Å². The largest absolute Gasteiger partial charge is 0.416 e. The van der Waals surface area contributed by atoms with E-state index in [9.17, 15) is 26.3 Å². The molecule has 0 unspecified atom stereocenters. The Morgan fingerprint density at radius 3 is 1.86 bits per heavy atom. The van der Waals surface area contributed by atoms with E-state index in [1.54, 1.807) is 0 Å². The van der Waals surface area contributed by atoms with Crippen molar-refractivity contribution in [3.8, 4) is 0 Å². The minimum Gasteiger partial charge on any atom is -0.256 e. The van der Waals surface area contributed by atoms with E-state index in [2.05, 4.69) is 4.99 Å². The zero-order chi connectivity index (χ0) is 16.4. The second-order valence-corrected chi connectivity index (χ2v) is 4.43. The number of hydrogen-bond donors (Lipinski definition) is 0. The lowest BCUT2D eigenvalue weighted by molar-refractivity contribution is -0.138. The number of aliphatic imine (C=N–C) groups is 1. The Labute approximate surface area is 121 Å². The fourth-order valence-electron chi connectivity index (χ4n) is 1.71. The Kier molecular flexibility index (Phi) is 4.25. The molecule has 0 spiro atoms. The van der Waals surface area contributed by atoms with Crippen LogP contribution in [0.3, 0.4) is 0 Å². The van der Waals surface area contributed by atoms with E-state index in [-0.39, 0.29) is 11.3 Å². The SMILES string of the molecule is FC(F)(F)c1cccc(C=Nc2cccc(C(F)(F)F)c2)c1. The van der Waals surface area contributed by atoms with Gasteiger partial charge in [-0.25, -0.2) is 0 Å². The minimum atomic E-state index is -4.50. The van der Waals surface area contributed by atoms with Crippen LogP contribution < -0.4 is 0 Å². The summed E-state index contributed by atoms with van der Waals surface area (Å²) < 4.78 is 75.3. The molecule has 22 heavy (non-hydrogen) atoms. The molecular weight excluding hydrogens is 308 g/mol. The summed E-state index contributed by atoms with van der Waals surface area (Å²) in [6.45, 7) is 0. The van der Waals surface area contributed by atoms with Gasteiger partial charge in [-0.15, -0.1) is 0 Å². The van der Waals surface area contributed by atoms with Crippen molar-refractivity contribution >= 4 is 11.9 Å². The van der Waals surface area contributed by atoms with Crippen molar-refractivity contribution in [3.05, 3.63) is 65.2 Å². The molecule has 2 aromatic rings. The molecule has 2 aromatic carbocycles. The van der Waals surface area contributed by atoms with Crippen molar-refractivity contribution < 1.29 is 26.3 Å². The van der Waals surface area contributed by atoms with Gasteiger partial charge in [0.15, 0.2) is 0 Å². The van der Waals surface area contributed by atoms with Gasteiger partial charge in [-0.1, -0.05) is 18.2 Å². The summed E-state index contributed by atoms with van der Waals surface area (Å²) in [5, 5.41) is 0. The highest BCUT2D eigenvalue weighted by Crippen LogP contribution is 2.32. The quantitative estimate of drug-likeness (QED) is 0.514.